The average molecular weight is 396 g/mol. The number of halogens is 1. The summed E-state index contributed by atoms with van der Waals surface area (Å²) in [4.78, 5) is 11.3. The minimum absolute atomic E-state index is 0.0424. The van der Waals surface area contributed by atoms with Gasteiger partial charge < -0.3 is 14.2 Å². The van der Waals surface area contributed by atoms with Crippen LogP contribution in [0, 0.1) is 0 Å². The normalized spacial score (nSPS) is 16.9. The Balaban J connectivity index is 2.16. The molecule has 1 unspecified atom stereocenters. The first-order valence-corrected chi connectivity index (χ1v) is 8.74. The van der Waals surface area contributed by atoms with Gasteiger partial charge >= 0.3 is 6.09 Å². The number of hydrogen-bond donors (Lipinski definition) is 1. The van der Waals surface area contributed by atoms with E-state index >= 15 is 0 Å². The predicted octanol–water partition coefficient (Wildman–Crippen LogP) is 4.66. The topological polar surface area (TPSA) is 56.8 Å². The first kappa shape index (κ1) is 18.4. The highest BCUT2D eigenvalue weighted by Gasteiger charge is 2.17. The molecule has 2 rings (SSSR count). The molecule has 5 nitrogen and oxygen atoms in total. The Bertz CT molecular complexity index is 628. The van der Waals surface area contributed by atoms with Crippen LogP contribution in [0.1, 0.15) is 31.7 Å². The van der Waals surface area contributed by atoms with E-state index in [1.807, 2.05) is 12.1 Å². The number of allylic oxidation sites excluding steroid dienone is 1. The van der Waals surface area contributed by atoms with Crippen LogP contribution in [-0.2, 0) is 4.74 Å². The van der Waals surface area contributed by atoms with Gasteiger partial charge in [-0.05, 0) is 72.0 Å². The molecule has 1 aromatic carbocycles. The van der Waals surface area contributed by atoms with Gasteiger partial charge in [0.2, 0.25) is 0 Å². The zero-order valence-corrected chi connectivity index (χ0v) is 15.5. The third kappa shape index (κ3) is 5.03. The van der Waals surface area contributed by atoms with Gasteiger partial charge in [-0.3, -0.25) is 5.32 Å². The Morgan fingerprint density at radius 3 is 2.96 bits per heavy atom. The summed E-state index contributed by atoms with van der Waals surface area (Å²) in [6, 6.07) is 3.73. The molecule has 0 heterocycles. The van der Waals surface area contributed by atoms with Crippen LogP contribution < -0.4 is 14.8 Å². The molecule has 0 aliphatic heterocycles. The summed E-state index contributed by atoms with van der Waals surface area (Å²) in [5.74, 6) is 1.32. The molecule has 0 saturated carbocycles. The zero-order valence-electron chi connectivity index (χ0n) is 13.9. The molecule has 0 aromatic heterocycles. The molecule has 1 aromatic rings. The van der Waals surface area contributed by atoms with Gasteiger partial charge in [0.15, 0.2) is 11.5 Å². The predicted molar refractivity (Wildman–Crippen MR) is 97.3 cm³/mol. The fourth-order valence-electron chi connectivity index (χ4n) is 2.36. The highest BCUT2D eigenvalue weighted by atomic mass is 79.9. The highest BCUT2D eigenvalue weighted by Crippen LogP contribution is 2.39. The summed E-state index contributed by atoms with van der Waals surface area (Å²) in [5, 5.41) is 2.54. The zero-order chi connectivity index (χ0) is 17.4. The number of alkyl carbamates (subject to hydrolysis) is 1. The van der Waals surface area contributed by atoms with E-state index in [2.05, 4.69) is 33.4 Å². The van der Waals surface area contributed by atoms with Crippen LogP contribution in [0.3, 0.4) is 0 Å². The first-order valence-electron chi connectivity index (χ1n) is 7.95. The van der Waals surface area contributed by atoms with Crippen molar-refractivity contribution in [2.24, 2.45) is 0 Å². The molecule has 0 saturated heterocycles. The minimum atomic E-state index is -0.484. The maximum absolute atomic E-state index is 11.3. The lowest BCUT2D eigenvalue weighted by Gasteiger charge is -2.21. The summed E-state index contributed by atoms with van der Waals surface area (Å²) in [6.45, 7) is 2.09. The minimum Gasteiger partial charge on any atom is -0.493 e. The highest BCUT2D eigenvalue weighted by molar-refractivity contribution is 9.10. The van der Waals surface area contributed by atoms with Crippen molar-refractivity contribution in [2.45, 2.75) is 32.3 Å². The van der Waals surface area contributed by atoms with E-state index in [1.54, 1.807) is 20.1 Å². The number of carbonyl (C=O) groups excluding carboxylic acids is 1. The lowest BCUT2D eigenvalue weighted by Crippen LogP contribution is -2.18. The maximum Gasteiger partial charge on any atom is 0.411 e. The summed E-state index contributed by atoms with van der Waals surface area (Å²) in [5.41, 5.74) is 0.863. The Morgan fingerprint density at radius 1 is 1.46 bits per heavy atom. The van der Waals surface area contributed by atoms with Gasteiger partial charge in [-0.1, -0.05) is 6.08 Å². The molecule has 0 bridgehead atoms. The summed E-state index contributed by atoms with van der Waals surface area (Å²) < 4.78 is 17.1. The van der Waals surface area contributed by atoms with Crippen molar-refractivity contribution in [1.82, 2.24) is 5.32 Å². The molecule has 1 aliphatic rings. The van der Waals surface area contributed by atoms with E-state index in [0.717, 1.165) is 29.3 Å². The van der Waals surface area contributed by atoms with E-state index in [0.29, 0.717) is 18.1 Å². The van der Waals surface area contributed by atoms with Gasteiger partial charge in [0.25, 0.3) is 0 Å². The Hall–Kier alpha value is -1.95. The number of ether oxygens (including phenoxy) is 3. The summed E-state index contributed by atoms with van der Waals surface area (Å²) >= 11 is 3.57. The molecule has 0 fully saturated rings. The lowest BCUT2D eigenvalue weighted by molar-refractivity contribution is 0.156. The third-order valence-corrected chi connectivity index (χ3v) is 4.35. The molecule has 24 heavy (non-hydrogen) atoms. The van der Waals surface area contributed by atoms with Gasteiger partial charge in [-0.15, -0.1) is 0 Å². The van der Waals surface area contributed by atoms with Crippen molar-refractivity contribution in [3.05, 3.63) is 40.5 Å². The van der Waals surface area contributed by atoms with Crippen molar-refractivity contribution < 1.29 is 19.0 Å². The second-order valence-electron chi connectivity index (χ2n) is 5.21. The van der Waals surface area contributed by atoms with E-state index in [4.69, 9.17) is 14.2 Å². The molecule has 1 N–H and O–H groups in total. The summed E-state index contributed by atoms with van der Waals surface area (Å²) in [7, 11) is 1.61. The number of nitrogens with one attached hydrogen (secondary N) is 1. The Labute approximate surface area is 150 Å². The van der Waals surface area contributed by atoms with Crippen LogP contribution in [0.2, 0.25) is 0 Å². The molecule has 0 spiro atoms. The van der Waals surface area contributed by atoms with Crippen LogP contribution in [-0.4, -0.2) is 25.9 Å². The Kier molecular flexibility index (Phi) is 7.18. The maximum atomic E-state index is 11.3. The van der Waals surface area contributed by atoms with Crippen LogP contribution in [0.25, 0.3) is 6.08 Å². The molecule has 1 amide bonds. The SMILES string of the molecule is CCOC(=O)N/C=C/c1ccc(OC)c(OC2C=CCCC2)c1Br. The number of carbonyl (C=O) groups is 1. The van der Waals surface area contributed by atoms with Crippen LogP contribution in [0.4, 0.5) is 4.79 Å². The fraction of sp³-hybridized carbons (Fsp3) is 0.389. The summed E-state index contributed by atoms with van der Waals surface area (Å²) in [6.07, 6.45) is 10.3. The van der Waals surface area contributed by atoms with Gasteiger partial charge in [0.05, 0.1) is 18.2 Å². The van der Waals surface area contributed by atoms with E-state index in [1.165, 1.54) is 6.20 Å². The van der Waals surface area contributed by atoms with Crippen LogP contribution >= 0.6 is 15.9 Å². The van der Waals surface area contributed by atoms with E-state index < -0.39 is 6.09 Å². The first-order chi connectivity index (χ1) is 11.7. The third-order valence-electron chi connectivity index (χ3n) is 3.53. The molecule has 0 radical (unpaired) electrons. The van der Waals surface area contributed by atoms with E-state index in [9.17, 15) is 4.79 Å². The van der Waals surface area contributed by atoms with Crippen LogP contribution in [0.15, 0.2) is 35.0 Å². The fourth-order valence-corrected chi connectivity index (χ4v) is 2.91. The smallest absolute Gasteiger partial charge is 0.411 e. The van der Waals surface area contributed by atoms with Crippen molar-refractivity contribution in [2.75, 3.05) is 13.7 Å². The number of rotatable bonds is 6. The monoisotopic (exact) mass is 395 g/mol. The van der Waals surface area contributed by atoms with Gasteiger partial charge in [0, 0.05) is 6.20 Å². The van der Waals surface area contributed by atoms with Gasteiger partial charge in [0.1, 0.15) is 6.10 Å². The number of methoxy groups -OCH3 is 1. The number of hydrogen-bond acceptors (Lipinski definition) is 4. The van der Waals surface area contributed by atoms with Crippen molar-refractivity contribution in [3.63, 3.8) is 0 Å². The van der Waals surface area contributed by atoms with Crippen molar-refractivity contribution >= 4 is 28.1 Å². The lowest BCUT2D eigenvalue weighted by atomic mass is 10.1. The molecule has 130 valence electrons. The second-order valence-corrected chi connectivity index (χ2v) is 6.01. The number of amides is 1. The van der Waals surface area contributed by atoms with E-state index in [-0.39, 0.29) is 6.10 Å². The van der Waals surface area contributed by atoms with Gasteiger partial charge in [-0.2, -0.15) is 0 Å². The second kappa shape index (κ2) is 9.37. The van der Waals surface area contributed by atoms with Crippen molar-refractivity contribution in [1.29, 1.82) is 0 Å². The number of benzene rings is 1. The average Bonchev–Trinajstić information content (AvgIpc) is 2.59. The molecule has 1 atom stereocenters. The molecular weight excluding hydrogens is 374 g/mol. The molecule has 6 heteroatoms. The quantitative estimate of drug-likeness (QED) is 0.711. The van der Waals surface area contributed by atoms with Gasteiger partial charge in [-0.25, -0.2) is 4.79 Å². The standard InChI is InChI=1S/C18H22BrNO4/c1-3-23-18(21)20-12-11-13-9-10-15(22-2)17(16(13)19)24-14-7-5-4-6-8-14/h5,7,9-12,14H,3-4,6,8H2,1-2H3,(H,20,21)/b12-11+. The van der Waals surface area contributed by atoms with Crippen LogP contribution in [0.5, 0.6) is 11.5 Å². The Morgan fingerprint density at radius 2 is 2.29 bits per heavy atom. The molecular formula is C18H22BrNO4. The molecule has 1 aliphatic carbocycles. The largest absolute Gasteiger partial charge is 0.493 e. The van der Waals surface area contributed by atoms with Crippen molar-refractivity contribution in [3.8, 4) is 11.5 Å².